The van der Waals surface area contributed by atoms with E-state index in [1.165, 1.54) is 16.7 Å². The van der Waals surface area contributed by atoms with Gasteiger partial charge in [0.2, 0.25) is 0 Å². The number of benzene rings is 2. The van der Waals surface area contributed by atoms with Crippen LogP contribution < -0.4 is 5.32 Å². The first kappa shape index (κ1) is 18.8. The number of carbonyl (C=O) groups excluding carboxylic acids is 1. The summed E-state index contributed by atoms with van der Waals surface area (Å²) >= 11 is 0. The minimum Gasteiger partial charge on any atom is -0.335 e. The van der Waals surface area contributed by atoms with Crippen LogP contribution in [0.4, 0.5) is 4.79 Å². The molecule has 28 heavy (non-hydrogen) atoms. The summed E-state index contributed by atoms with van der Waals surface area (Å²) in [7, 11) is 0. The van der Waals surface area contributed by atoms with Crippen molar-refractivity contribution in [2.45, 2.75) is 31.8 Å². The lowest BCUT2D eigenvalue weighted by atomic mass is 10.00. The van der Waals surface area contributed by atoms with Gasteiger partial charge in [-0.2, -0.15) is 0 Å². The molecule has 1 saturated heterocycles. The largest absolute Gasteiger partial charge is 0.335 e. The van der Waals surface area contributed by atoms with Gasteiger partial charge in [0, 0.05) is 38.8 Å². The molecule has 0 aromatic heterocycles. The number of hydrogen-bond donors (Lipinski definition) is 1. The Balaban J connectivity index is 1.22. The smallest absolute Gasteiger partial charge is 0.317 e. The van der Waals surface area contributed by atoms with Gasteiger partial charge < -0.3 is 10.2 Å². The van der Waals surface area contributed by atoms with E-state index in [2.05, 4.69) is 70.9 Å². The topological polar surface area (TPSA) is 35.6 Å². The minimum atomic E-state index is 0.0878. The van der Waals surface area contributed by atoms with E-state index in [-0.39, 0.29) is 6.03 Å². The number of nitrogens with one attached hydrogen (secondary N) is 1. The Morgan fingerprint density at radius 1 is 0.929 bits per heavy atom. The Hall–Kier alpha value is -2.59. The van der Waals surface area contributed by atoms with Crippen LogP contribution in [-0.4, -0.2) is 48.1 Å². The molecule has 0 unspecified atom stereocenters. The number of carbonyl (C=O) groups is 1. The van der Waals surface area contributed by atoms with Gasteiger partial charge in [-0.1, -0.05) is 66.7 Å². The van der Waals surface area contributed by atoms with Crippen molar-refractivity contribution in [3.05, 3.63) is 77.9 Å². The molecule has 0 spiro atoms. The average molecular weight is 376 g/mol. The van der Waals surface area contributed by atoms with Gasteiger partial charge in [-0.05, 0) is 36.0 Å². The summed E-state index contributed by atoms with van der Waals surface area (Å²) in [5.41, 5.74) is 3.98. The molecule has 4 rings (SSSR count). The van der Waals surface area contributed by atoms with Crippen LogP contribution in [-0.2, 0) is 6.54 Å². The molecule has 2 amide bonds. The van der Waals surface area contributed by atoms with Crippen molar-refractivity contribution >= 4 is 11.6 Å². The van der Waals surface area contributed by atoms with E-state index in [4.69, 9.17) is 0 Å². The molecule has 0 bridgehead atoms. The molecule has 2 aromatic carbocycles. The van der Waals surface area contributed by atoms with Crippen molar-refractivity contribution in [3.8, 4) is 0 Å². The quantitative estimate of drug-likeness (QED) is 0.871. The highest BCUT2D eigenvalue weighted by Crippen LogP contribution is 2.22. The lowest BCUT2D eigenvalue weighted by molar-refractivity contribution is 0.171. The van der Waals surface area contributed by atoms with E-state index in [1.807, 2.05) is 11.0 Å². The molecule has 2 aromatic rings. The number of piperidine rings is 1. The molecular weight excluding hydrogens is 346 g/mol. The van der Waals surface area contributed by atoms with Gasteiger partial charge in [0.1, 0.15) is 0 Å². The summed E-state index contributed by atoms with van der Waals surface area (Å²) < 4.78 is 0. The monoisotopic (exact) mass is 375 g/mol. The number of nitrogens with zero attached hydrogens (tertiary/aromatic N) is 2. The van der Waals surface area contributed by atoms with Crippen LogP contribution in [0.2, 0.25) is 0 Å². The molecule has 0 atom stereocenters. The SMILES string of the molecule is O=C(NC1CCN(Cc2ccccc2)CC1)N1CC=C(c2ccccc2)CC1. The Morgan fingerprint density at radius 3 is 2.25 bits per heavy atom. The first-order chi connectivity index (χ1) is 13.8. The first-order valence-electron chi connectivity index (χ1n) is 10.3. The van der Waals surface area contributed by atoms with Crippen molar-refractivity contribution < 1.29 is 4.79 Å². The summed E-state index contributed by atoms with van der Waals surface area (Å²) in [6.45, 7) is 4.57. The average Bonchev–Trinajstić information content (AvgIpc) is 2.76. The predicted molar refractivity (Wildman–Crippen MR) is 114 cm³/mol. The van der Waals surface area contributed by atoms with Crippen LogP contribution in [0, 0.1) is 0 Å². The Morgan fingerprint density at radius 2 is 1.61 bits per heavy atom. The molecule has 0 aliphatic carbocycles. The van der Waals surface area contributed by atoms with E-state index in [1.54, 1.807) is 0 Å². The van der Waals surface area contributed by atoms with Crippen LogP contribution in [0.1, 0.15) is 30.4 Å². The third kappa shape index (κ3) is 4.82. The number of urea groups is 1. The van der Waals surface area contributed by atoms with E-state index >= 15 is 0 Å². The second kappa shape index (κ2) is 9.07. The number of amides is 2. The van der Waals surface area contributed by atoms with Crippen LogP contribution in [0.25, 0.3) is 5.57 Å². The van der Waals surface area contributed by atoms with E-state index < -0.39 is 0 Å². The molecular formula is C24H29N3O. The maximum Gasteiger partial charge on any atom is 0.317 e. The third-order valence-electron chi connectivity index (χ3n) is 5.81. The molecule has 2 heterocycles. The molecule has 0 saturated carbocycles. The molecule has 146 valence electrons. The first-order valence-corrected chi connectivity index (χ1v) is 10.3. The number of likely N-dealkylation sites (tertiary alicyclic amines) is 1. The maximum absolute atomic E-state index is 12.7. The van der Waals surface area contributed by atoms with Crippen LogP contribution in [0.15, 0.2) is 66.7 Å². The zero-order chi connectivity index (χ0) is 19.2. The zero-order valence-electron chi connectivity index (χ0n) is 16.4. The Bertz CT molecular complexity index is 795. The van der Waals surface area contributed by atoms with Crippen molar-refractivity contribution in [2.75, 3.05) is 26.2 Å². The lowest BCUT2D eigenvalue weighted by Crippen LogP contribution is -2.49. The second-order valence-electron chi connectivity index (χ2n) is 7.78. The van der Waals surface area contributed by atoms with Gasteiger partial charge in [0.15, 0.2) is 0 Å². The zero-order valence-corrected chi connectivity index (χ0v) is 16.4. The number of rotatable bonds is 4. The van der Waals surface area contributed by atoms with Crippen LogP contribution >= 0.6 is 0 Å². The van der Waals surface area contributed by atoms with E-state index in [0.29, 0.717) is 12.6 Å². The molecule has 1 fully saturated rings. The van der Waals surface area contributed by atoms with Gasteiger partial charge in [-0.3, -0.25) is 4.90 Å². The molecule has 4 nitrogen and oxygen atoms in total. The van der Waals surface area contributed by atoms with Gasteiger partial charge in [-0.25, -0.2) is 4.79 Å². The maximum atomic E-state index is 12.7. The standard InChI is InChI=1S/C24H29N3O/c28-24(27-17-11-22(12-18-27)21-9-5-2-6-10-21)25-23-13-15-26(16-14-23)19-20-7-3-1-4-8-20/h1-11,23H,12-19H2,(H,25,28). The highest BCUT2D eigenvalue weighted by Gasteiger charge is 2.24. The Kier molecular flexibility index (Phi) is 6.07. The van der Waals surface area contributed by atoms with Crippen LogP contribution in [0.5, 0.6) is 0 Å². The lowest BCUT2D eigenvalue weighted by Gasteiger charge is -2.34. The molecule has 1 N–H and O–H groups in total. The van der Waals surface area contributed by atoms with E-state index in [0.717, 1.165) is 45.4 Å². The fourth-order valence-corrected chi connectivity index (χ4v) is 4.11. The highest BCUT2D eigenvalue weighted by atomic mass is 16.2. The van der Waals surface area contributed by atoms with Crippen molar-refractivity contribution in [1.82, 2.24) is 15.1 Å². The molecule has 2 aliphatic heterocycles. The summed E-state index contributed by atoms with van der Waals surface area (Å²) in [4.78, 5) is 17.1. The van der Waals surface area contributed by atoms with Crippen molar-refractivity contribution in [3.63, 3.8) is 0 Å². The van der Waals surface area contributed by atoms with Gasteiger partial charge >= 0.3 is 6.03 Å². The van der Waals surface area contributed by atoms with Gasteiger partial charge in [0.25, 0.3) is 0 Å². The minimum absolute atomic E-state index is 0.0878. The Labute approximate surface area is 167 Å². The van der Waals surface area contributed by atoms with Gasteiger partial charge in [0.05, 0.1) is 0 Å². The summed E-state index contributed by atoms with van der Waals surface area (Å²) in [5, 5.41) is 3.26. The fraction of sp³-hybridized carbons (Fsp3) is 0.375. The third-order valence-corrected chi connectivity index (χ3v) is 5.81. The highest BCUT2D eigenvalue weighted by molar-refractivity contribution is 5.77. The summed E-state index contributed by atoms with van der Waals surface area (Å²) in [5.74, 6) is 0. The molecule has 2 aliphatic rings. The van der Waals surface area contributed by atoms with Crippen molar-refractivity contribution in [2.24, 2.45) is 0 Å². The van der Waals surface area contributed by atoms with Crippen molar-refractivity contribution in [1.29, 1.82) is 0 Å². The predicted octanol–water partition coefficient (Wildman–Crippen LogP) is 4.15. The number of hydrogen-bond acceptors (Lipinski definition) is 2. The molecule has 0 radical (unpaired) electrons. The van der Waals surface area contributed by atoms with Gasteiger partial charge in [-0.15, -0.1) is 0 Å². The molecule has 4 heteroatoms. The van der Waals surface area contributed by atoms with E-state index in [9.17, 15) is 4.79 Å². The second-order valence-corrected chi connectivity index (χ2v) is 7.78. The normalized spacial score (nSPS) is 18.6. The van der Waals surface area contributed by atoms with Crippen LogP contribution in [0.3, 0.4) is 0 Å². The fourth-order valence-electron chi connectivity index (χ4n) is 4.11. The summed E-state index contributed by atoms with van der Waals surface area (Å²) in [6.07, 6.45) is 5.17. The summed E-state index contributed by atoms with van der Waals surface area (Å²) in [6, 6.07) is 21.5.